The van der Waals surface area contributed by atoms with Gasteiger partial charge in [0, 0.05) is 0 Å². The summed E-state index contributed by atoms with van der Waals surface area (Å²) in [4.78, 5) is 11.3. The summed E-state index contributed by atoms with van der Waals surface area (Å²) >= 11 is 0. The Hall–Kier alpha value is -2.07. The van der Waals surface area contributed by atoms with E-state index in [0.29, 0.717) is 5.76 Å². The molecule has 0 aliphatic rings. The Morgan fingerprint density at radius 3 is 2.56 bits per heavy atom. The number of hydrogen-bond acceptors (Lipinski definition) is 4. The molecule has 1 heterocycles. The summed E-state index contributed by atoms with van der Waals surface area (Å²) in [6, 6.07) is 13.2. The maximum absolute atomic E-state index is 11.3. The molecule has 0 amide bonds. The molecule has 0 radical (unpaired) electrons. The van der Waals surface area contributed by atoms with Gasteiger partial charge in [0.05, 0.1) is 13.2 Å². The largest absolute Gasteiger partial charge is 0.463 e. The van der Waals surface area contributed by atoms with E-state index < -0.39 is 5.97 Å². The van der Waals surface area contributed by atoms with Crippen molar-refractivity contribution in [2.45, 2.75) is 6.04 Å². The monoisotopic (exact) mass is 245 g/mol. The number of hydrogen-bond donors (Lipinski definition) is 1. The van der Waals surface area contributed by atoms with Crippen LogP contribution in [0, 0.1) is 0 Å². The first-order chi connectivity index (χ1) is 8.76. The summed E-state index contributed by atoms with van der Waals surface area (Å²) in [6.45, 7) is 0. The number of ether oxygens (including phenoxy) is 1. The van der Waals surface area contributed by atoms with Crippen molar-refractivity contribution in [3.05, 3.63) is 59.5 Å². The average Bonchev–Trinajstić information content (AvgIpc) is 2.89. The lowest BCUT2D eigenvalue weighted by Crippen LogP contribution is -2.16. The van der Waals surface area contributed by atoms with Crippen LogP contribution in [0.25, 0.3) is 0 Å². The predicted molar refractivity (Wildman–Crippen MR) is 67.4 cm³/mol. The summed E-state index contributed by atoms with van der Waals surface area (Å²) in [6.07, 6.45) is 0. The maximum atomic E-state index is 11.3. The van der Waals surface area contributed by atoms with Gasteiger partial charge in [-0.1, -0.05) is 30.3 Å². The van der Waals surface area contributed by atoms with Gasteiger partial charge in [-0.05, 0) is 24.7 Å². The van der Waals surface area contributed by atoms with E-state index in [1.807, 2.05) is 37.4 Å². The Labute approximate surface area is 106 Å². The van der Waals surface area contributed by atoms with Crippen LogP contribution in [-0.2, 0) is 4.74 Å². The van der Waals surface area contributed by atoms with E-state index >= 15 is 0 Å². The Kier molecular flexibility index (Phi) is 3.79. The van der Waals surface area contributed by atoms with Gasteiger partial charge in [0.2, 0.25) is 5.76 Å². The van der Waals surface area contributed by atoms with Crippen molar-refractivity contribution in [3.8, 4) is 0 Å². The number of carbonyl (C=O) groups excluding carboxylic acids is 1. The summed E-state index contributed by atoms with van der Waals surface area (Å²) in [5.74, 6) is 0.428. The third kappa shape index (κ3) is 2.43. The molecule has 2 aromatic rings. The fraction of sp³-hybridized carbons (Fsp3) is 0.214. The van der Waals surface area contributed by atoms with Crippen molar-refractivity contribution in [3.63, 3.8) is 0 Å². The van der Waals surface area contributed by atoms with Crippen LogP contribution in [0.1, 0.15) is 27.9 Å². The minimum atomic E-state index is -0.468. The van der Waals surface area contributed by atoms with Crippen molar-refractivity contribution >= 4 is 5.97 Å². The van der Waals surface area contributed by atoms with Gasteiger partial charge >= 0.3 is 5.97 Å². The first kappa shape index (κ1) is 12.4. The molecule has 4 heteroatoms. The van der Waals surface area contributed by atoms with Gasteiger partial charge in [-0.25, -0.2) is 4.79 Å². The van der Waals surface area contributed by atoms with E-state index in [0.717, 1.165) is 5.56 Å². The van der Waals surface area contributed by atoms with Gasteiger partial charge < -0.3 is 14.5 Å². The standard InChI is InChI=1S/C14H15NO3/c1-15-13(10-6-4-3-5-7-10)11-8-9-12(18-11)14(16)17-2/h3-9,13,15H,1-2H3. The van der Waals surface area contributed by atoms with E-state index in [1.165, 1.54) is 7.11 Å². The molecule has 0 bridgehead atoms. The third-order valence-electron chi connectivity index (χ3n) is 2.72. The van der Waals surface area contributed by atoms with Crippen molar-refractivity contribution in [1.29, 1.82) is 0 Å². The maximum Gasteiger partial charge on any atom is 0.373 e. The zero-order valence-corrected chi connectivity index (χ0v) is 10.3. The summed E-state index contributed by atoms with van der Waals surface area (Å²) in [5, 5.41) is 3.16. The van der Waals surface area contributed by atoms with Crippen LogP contribution in [0.4, 0.5) is 0 Å². The molecule has 0 aliphatic carbocycles. The van der Waals surface area contributed by atoms with Gasteiger partial charge in [-0.2, -0.15) is 0 Å². The van der Waals surface area contributed by atoms with Gasteiger partial charge in [0.25, 0.3) is 0 Å². The minimum Gasteiger partial charge on any atom is -0.463 e. The normalized spacial score (nSPS) is 12.1. The molecule has 1 aromatic heterocycles. The van der Waals surface area contributed by atoms with E-state index in [1.54, 1.807) is 12.1 Å². The van der Waals surface area contributed by atoms with Gasteiger partial charge in [-0.15, -0.1) is 0 Å². The summed E-state index contributed by atoms with van der Waals surface area (Å²) in [7, 11) is 3.18. The first-order valence-electron chi connectivity index (χ1n) is 5.66. The van der Waals surface area contributed by atoms with E-state index in [4.69, 9.17) is 4.42 Å². The quantitative estimate of drug-likeness (QED) is 0.840. The Bertz CT molecular complexity index is 519. The molecule has 94 valence electrons. The second-order valence-corrected chi connectivity index (χ2v) is 3.83. The number of furan rings is 1. The SMILES string of the molecule is CNC(c1ccccc1)c1ccc(C(=O)OC)o1. The third-order valence-corrected chi connectivity index (χ3v) is 2.72. The van der Waals surface area contributed by atoms with Crippen LogP contribution in [0.2, 0.25) is 0 Å². The Morgan fingerprint density at radius 1 is 1.22 bits per heavy atom. The lowest BCUT2D eigenvalue weighted by atomic mass is 10.1. The second-order valence-electron chi connectivity index (χ2n) is 3.83. The lowest BCUT2D eigenvalue weighted by molar-refractivity contribution is 0.0562. The molecule has 1 N–H and O–H groups in total. The van der Waals surface area contributed by atoms with Crippen molar-refractivity contribution < 1.29 is 13.9 Å². The molecule has 0 fully saturated rings. The predicted octanol–water partition coefficient (Wildman–Crippen LogP) is 2.38. The highest BCUT2D eigenvalue weighted by Crippen LogP contribution is 2.23. The fourth-order valence-corrected chi connectivity index (χ4v) is 1.84. The molecular weight excluding hydrogens is 230 g/mol. The van der Waals surface area contributed by atoms with Gasteiger partial charge in [0.15, 0.2) is 0 Å². The average molecular weight is 245 g/mol. The minimum absolute atomic E-state index is 0.0791. The van der Waals surface area contributed by atoms with Gasteiger partial charge in [-0.3, -0.25) is 0 Å². The molecule has 18 heavy (non-hydrogen) atoms. The molecule has 1 atom stereocenters. The molecule has 2 rings (SSSR count). The molecular formula is C14H15NO3. The second kappa shape index (κ2) is 5.51. The summed E-state index contributed by atoms with van der Waals surface area (Å²) < 4.78 is 10.1. The molecule has 1 unspecified atom stereocenters. The Balaban J connectivity index is 2.29. The fourth-order valence-electron chi connectivity index (χ4n) is 1.84. The number of nitrogens with one attached hydrogen (secondary N) is 1. The number of methoxy groups -OCH3 is 1. The highest BCUT2D eigenvalue weighted by atomic mass is 16.5. The zero-order chi connectivity index (χ0) is 13.0. The van der Waals surface area contributed by atoms with Crippen molar-refractivity contribution in [2.75, 3.05) is 14.2 Å². The summed E-state index contributed by atoms with van der Waals surface area (Å²) in [5.41, 5.74) is 1.07. The molecule has 4 nitrogen and oxygen atoms in total. The zero-order valence-electron chi connectivity index (χ0n) is 10.3. The van der Waals surface area contributed by atoms with Crippen LogP contribution in [0.3, 0.4) is 0 Å². The van der Waals surface area contributed by atoms with Crippen LogP contribution >= 0.6 is 0 Å². The van der Waals surface area contributed by atoms with E-state index in [9.17, 15) is 4.79 Å². The lowest BCUT2D eigenvalue weighted by Gasteiger charge is -2.13. The van der Waals surface area contributed by atoms with E-state index in [2.05, 4.69) is 10.1 Å². The van der Waals surface area contributed by atoms with Crippen molar-refractivity contribution in [2.24, 2.45) is 0 Å². The number of esters is 1. The van der Waals surface area contributed by atoms with Crippen LogP contribution in [-0.4, -0.2) is 20.1 Å². The topological polar surface area (TPSA) is 51.5 Å². The van der Waals surface area contributed by atoms with E-state index in [-0.39, 0.29) is 11.8 Å². The van der Waals surface area contributed by atoms with Gasteiger partial charge in [0.1, 0.15) is 5.76 Å². The Morgan fingerprint density at radius 2 is 1.94 bits per heavy atom. The smallest absolute Gasteiger partial charge is 0.373 e. The highest BCUT2D eigenvalue weighted by Gasteiger charge is 2.18. The molecule has 0 saturated carbocycles. The first-order valence-corrected chi connectivity index (χ1v) is 5.66. The van der Waals surface area contributed by atoms with Crippen LogP contribution in [0.15, 0.2) is 46.9 Å². The number of rotatable bonds is 4. The highest BCUT2D eigenvalue weighted by molar-refractivity contribution is 5.86. The molecule has 0 aliphatic heterocycles. The molecule has 1 aromatic carbocycles. The number of benzene rings is 1. The molecule has 0 spiro atoms. The van der Waals surface area contributed by atoms with Crippen LogP contribution < -0.4 is 5.32 Å². The van der Waals surface area contributed by atoms with Crippen molar-refractivity contribution in [1.82, 2.24) is 5.32 Å². The number of carbonyl (C=O) groups is 1. The molecule has 0 saturated heterocycles. The van der Waals surface area contributed by atoms with Crippen LogP contribution in [0.5, 0.6) is 0 Å².